The van der Waals surface area contributed by atoms with Gasteiger partial charge in [-0.25, -0.2) is 0 Å². The standard InChI is InChI=1S/C23H28N2O4/c1-3-4-7-23(26)25(16-19-6-5-11-24-14-19)15-18-8-9-21(22(13-18)27-2)29-20-10-12-28-17-20/h3,5-6,8-9,11,13-14,20H,1,4,7,10,12,15-17H2,2H3/t20-/m0/s1. The van der Waals surface area contributed by atoms with E-state index in [0.717, 1.165) is 24.2 Å². The quantitative estimate of drug-likeness (QED) is 0.573. The van der Waals surface area contributed by atoms with Crippen LogP contribution in [0.25, 0.3) is 0 Å². The van der Waals surface area contributed by atoms with Crippen molar-refractivity contribution in [3.63, 3.8) is 0 Å². The van der Waals surface area contributed by atoms with Gasteiger partial charge in [-0.15, -0.1) is 6.58 Å². The molecule has 1 aromatic carbocycles. The van der Waals surface area contributed by atoms with Gasteiger partial charge in [0.25, 0.3) is 0 Å². The Morgan fingerprint density at radius 1 is 1.31 bits per heavy atom. The second-order valence-corrected chi connectivity index (χ2v) is 7.03. The number of amides is 1. The van der Waals surface area contributed by atoms with Crippen LogP contribution in [0.15, 0.2) is 55.4 Å². The summed E-state index contributed by atoms with van der Waals surface area (Å²) in [5, 5.41) is 0. The molecule has 1 saturated heterocycles. The Balaban J connectivity index is 1.74. The fraction of sp³-hybridized carbons (Fsp3) is 0.391. The van der Waals surface area contributed by atoms with Gasteiger partial charge in [-0.3, -0.25) is 9.78 Å². The highest BCUT2D eigenvalue weighted by molar-refractivity contribution is 5.76. The lowest BCUT2D eigenvalue weighted by atomic mass is 10.1. The maximum atomic E-state index is 12.8. The SMILES string of the molecule is C=CCCC(=O)N(Cc1cccnc1)Cc1ccc(O[C@H]2CCOC2)c(OC)c1. The molecule has 1 amide bonds. The largest absolute Gasteiger partial charge is 0.493 e. The number of allylic oxidation sites excluding steroid dienone is 1. The lowest BCUT2D eigenvalue weighted by Crippen LogP contribution is -2.29. The number of carbonyl (C=O) groups is 1. The lowest BCUT2D eigenvalue weighted by molar-refractivity contribution is -0.132. The van der Waals surface area contributed by atoms with Crippen LogP contribution >= 0.6 is 0 Å². The first-order chi connectivity index (χ1) is 14.2. The minimum absolute atomic E-state index is 0.0531. The zero-order valence-electron chi connectivity index (χ0n) is 16.9. The Labute approximate surface area is 172 Å². The summed E-state index contributed by atoms with van der Waals surface area (Å²) in [6, 6.07) is 9.67. The molecule has 1 aliphatic heterocycles. The number of carbonyl (C=O) groups excluding carboxylic acids is 1. The van der Waals surface area contributed by atoms with E-state index in [4.69, 9.17) is 14.2 Å². The topological polar surface area (TPSA) is 60.9 Å². The average Bonchev–Trinajstić information content (AvgIpc) is 3.26. The molecule has 0 N–H and O–H groups in total. The van der Waals surface area contributed by atoms with Crippen molar-refractivity contribution in [2.75, 3.05) is 20.3 Å². The van der Waals surface area contributed by atoms with Crippen molar-refractivity contribution in [1.82, 2.24) is 9.88 Å². The summed E-state index contributed by atoms with van der Waals surface area (Å²) < 4.78 is 16.9. The number of nitrogens with zero attached hydrogens (tertiary/aromatic N) is 2. The van der Waals surface area contributed by atoms with Crippen LogP contribution in [0.4, 0.5) is 0 Å². The fourth-order valence-corrected chi connectivity index (χ4v) is 3.24. The maximum absolute atomic E-state index is 12.8. The molecule has 0 radical (unpaired) electrons. The van der Waals surface area contributed by atoms with Crippen LogP contribution < -0.4 is 9.47 Å². The first-order valence-electron chi connectivity index (χ1n) is 9.88. The summed E-state index contributed by atoms with van der Waals surface area (Å²) in [6.07, 6.45) is 7.30. The van der Waals surface area contributed by atoms with E-state index in [2.05, 4.69) is 11.6 Å². The van der Waals surface area contributed by atoms with Crippen LogP contribution in [0, 0.1) is 0 Å². The summed E-state index contributed by atoms with van der Waals surface area (Å²) in [5.74, 6) is 1.44. The molecule has 29 heavy (non-hydrogen) atoms. The van der Waals surface area contributed by atoms with E-state index < -0.39 is 0 Å². The second kappa shape index (κ2) is 10.6. The first kappa shape index (κ1) is 20.9. The van der Waals surface area contributed by atoms with E-state index in [1.54, 1.807) is 25.6 Å². The van der Waals surface area contributed by atoms with Crippen LogP contribution in [0.1, 0.15) is 30.4 Å². The number of hydrogen-bond acceptors (Lipinski definition) is 5. The molecule has 2 heterocycles. The molecule has 3 rings (SSSR count). The molecule has 1 aromatic heterocycles. The first-order valence-corrected chi connectivity index (χ1v) is 9.88. The van der Waals surface area contributed by atoms with Gasteiger partial charge in [0.2, 0.25) is 5.91 Å². The molecular formula is C23H28N2O4. The van der Waals surface area contributed by atoms with Crippen molar-refractivity contribution in [1.29, 1.82) is 0 Å². The van der Waals surface area contributed by atoms with Gasteiger partial charge in [0.1, 0.15) is 6.10 Å². The summed E-state index contributed by atoms with van der Waals surface area (Å²) in [4.78, 5) is 18.7. The van der Waals surface area contributed by atoms with Gasteiger partial charge in [0, 0.05) is 38.3 Å². The molecule has 0 unspecified atom stereocenters. The highest BCUT2D eigenvalue weighted by Crippen LogP contribution is 2.31. The molecule has 1 fully saturated rings. The third kappa shape index (κ3) is 6.06. The number of hydrogen-bond donors (Lipinski definition) is 0. The molecule has 0 aliphatic carbocycles. The van der Waals surface area contributed by atoms with Gasteiger partial charge >= 0.3 is 0 Å². The van der Waals surface area contributed by atoms with Gasteiger partial charge < -0.3 is 19.1 Å². The number of aromatic nitrogens is 1. The highest BCUT2D eigenvalue weighted by Gasteiger charge is 2.20. The predicted octanol–water partition coefficient (Wildman–Crippen LogP) is 3.75. The van der Waals surface area contributed by atoms with Gasteiger partial charge in [0.15, 0.2) is 11.5 Å². The van der Waals surface area contributed by atoms with Crippen molar-refractivity contribution in [3.05, 3.63) is 66.5 Å². The van der Waals surface area contributed by atoms with Crippen LogP contribution in [0.5, 0.6) is 11.5 Å². The van der Waals surface area contributed by atoms with Crippen LogP contribution in [-0.4, -0.2) is 42.2 Å². The van der Waals surface area contributed by atoms with Crippen LogP contribution in [0.2, 0.25) is 0 Å². The summed E-state index contributed by atoms with van der Waals surface area (Å²) in [7, 11) is 1.62. The number of methoxy groups -OCH3 is 1. The van der Waals surface area contributed by atoms with Crippen LogP contribution in [-0.2, 0) is 22.6 Å². The normalized spacial score (nSPS) is 15.7. The monoisotopic (exact) mass is 396 g/mol. The zero-order valence-corrected chi connectivity index (χ0v) is 16.9. The zero-order chi connectivity index (χ0) is 20.5. The Morgan fingerprint density at radius 3 is 2.86 bits per heavy atom. The molecule has 0 saturated carbocycles. The smallest absolute Gasteiger partial charge is 0.223 e. The summed E-state index contributed by atoms with van der Waals surface area (Å²) in [5.41, 5.74) is 1.97. The Bertz CT molecular complexity index is 804. The summed E-state index contributed by atoms with van der Waals surface area (Å²) >= 11 is 0. The third-order valence-electron chi connectivity index (χ3n) is 4.79. The number of ether oxygens (including phenoxy) is 3. The molecule has 0 bridgehead atoms. The molecule has 0 spiro atoms. The van der Waals surface area contributed by atoms with Gasteiger partial charge in [-0.1, -0.05) is 18.2 Å². The summed E-state index contributed by atoms with van der Waals surface area (Å²) in [6.45, 7) is 6.02. The van der Waals surface area contributed by atoms with E-state index in [1.165, 1.54) is 0 Å². The predicted molar refractivity (Wildman–Crippen MR) is 111 cm³/mol. The number of rotatable bonds is 10. The van der Waals surface area contributed by atoms with Crippen molar-refractivity contribution < 1.29 is 19.0 Å². The second-order valence-electron chi connectivity index (χ2n) is 7.03. The molecule has 154 valence electrons. The molecule has 6 heteroatoms. The third-order valence-corrected chi connectivity index (χ3v) is 4.79. The van der Waals surface area contributed by atoms with E-state index in [1.807, 2.05) is 35.2 Å². The molecule has 2 aromatic rings. The van der Waals surface area contributed by atoms with Gasteiger partial charge in [-0.2, -0.15) is 0 Å². The Kier molecular flexibility index (Phi) is 7.64. The van der Waals surface area contributed by atoms with Crippen molar-refractivity contribution in [2.45, 2.75) is 38.5 Å². The molecule has 1 atom stereocenters. The van der Waals surface area contributed by atoms with E-state index >= 15 is 0 Å². The highest BCUT2D eigenvalue weighted by atomic mass is 16.6. The minimum Gasteiger partial charge on any atom is -0.493 e. The van der Waals surface area contributed by atoms with E-state index in [-0.39, 0.29) is 12.0 Å². The molecular weight excluding hydrogens is 368 g/mol. The van der Waals surface area contributed by atoms with Gasteiger partial charge in [-0.05, 0) is 35.7 Å². The van der Waals surface area contributed by atoms with E-state index in [9.17, 15) is 4.79 Å². The van der Waals surface area contributed by atoms with Crippen molar-refractivity contribution in [2.24, 2.45) is 0 Å². The Morgan fingerprint density at radius 2 is 2.17 bits per heavy atom. The molecule has 1 aliphatic rings. The number of benzene rings is 1. The van der Waals surface area contributed by atoms with E-state index in [0.29, 0.717) is 44.0 Å². The fourth-order valence-electron chi connectivity index (χ4n) is 3.24. The van der Waals surface area contributed by atoms with Crippen LogP contribution in [0.3, 0.4) is 0 Å². The van der Waals surface area contributed by atoms with Crippen molar-refractivity contribution in [3.8, 4) is 11.5 Å². The number of pyridine rings is 1. The maximum Gasteiger partial charge on any atom is 0.223 e. The average molecular weight is 396 g/mol. The van der Waals surface area contributed by atoms with Crippen molar-refractivity contribution >= 4 is 5.91 Å². The lowest BCUT2D eigenvalue weighted by Gasteiger charge is -2.24. The van der Waals surface area contributed by atoms with Gasteiger partial charge in [0.05, 0.1) is 20.3 Å². The minimum atomic E-state index is 0.0531. The Hall–Kier alpha value is -2.86. The molecule has 6 nitrogen and oxygen atoms in total.